The van der Waals surface area contributed by atoms with Crippen molar-refractivity contribution in [1.29, 1.82) is 0 Å². The van der Waals surface area contributed by atoms with Crippen molar-refractivity contribution in [2.45, 2.75) is 6.42 Å². The minimum Gasteiger partial charge on any atom is -0.481 e. The number of carboxylic acid groups (broad SMARTS) is 1. The van der Waals surface area contributed by atoms with Crippen LogP contribution in [0.4, 0.5) is 4.39 Å². The number of aromatic nitrogens is 1. The highest BCUT2D eigenvalue weighted by Gasteiger charge is 2.10. The lowest BCUT2D eigenvalue weighted by atomic mass is 10.2. The summed E-state index contributed by atoms with van der Waals surface area (Å²) in [6, 6.07) is 6.30. The maximum Gasteiger partial charge on any atom is 0.309 e. The van der Waals surface area contributed by atoms with Crippen LogP contribution in [-0.2, 0) is 11.2 Å². The third kappa shape index (κ3) is 2.25. The van der Waals surface area contributed by atoms with Gasteiger partial charge in [-0.3, -0.25) is 4.79 Å². The second-order valence-corrected chi connectivity index (χ2v) is 4.05. The predicted octanol–water partition coefficient (Wildman–Crippen LogP) is 2.58. The Labute approximate surface area is 95.2 Å². The van der Waals surface area contributed by atoms with Gasteiger partial charge in [0.2, 0.25) is 0 Å². The Kier molecular flexibility index (Phi) is 2.96. The van der Waals surface area contributed by atoms with Crippen molar-refractivity contribution in [3.05, 3.63) is 41.2 Å². The summed E-state index contributed by atoms with van der Waals surface area (Å²) in [5.41, 5.74) is 0.861. The van der Waals surface area contributed by atoms with Crippen molar-refractivity contribution in [3.63, 3.8) is 0 Å². The molecule has 16 heavy (non-hydrogen) atoms. The van der Waals surface area contributed by atoms with Gasteiger partial charge in [0.05, 0.1) is 12.1 Å². The van der Waals surface area contributed by atoms with Gasteiger partial charge < -0.3 is 5.11 Å². The van der Waals surface area contributed by atoms with Gasteiger partial charge in [0.25, 0.3) is 0 Å². The van der Waals surface area contributed by atoms with Gasteiger partial charge in [-0.05, 0) is 12.1 Å². The number of hydrogen-bond donors (Lipinski definition) is 1. The average molecular weight is 237 g/mol. The van der Waals surface area contributed by atoms with Crippen LogP contribution in [0.15, 0.2) is 29.6 Å². The summed E-state index contributed by atoms with van der Waals surface area (Å²) in [6.07, 6.45) is -0.134. The van der Waals surface area contributed by atoms with E-state index in [1.165, 1.54) is 17.4 Å². The van der Waals surface area contributed by atoms with Gasteiger partial charge in [0, 0.05) is 10.9 Å². The molecular formula is C11H8FNO2S. The molecule has 0 aliphatic heterocycles. The van der Waals surface area contributed by atoms with E-state index in [1.807, 2.05) is 0 Å². The zero-order chi connectivity index (χ0) is 11.5. The Balaban J connectivity index is 2.32. The van der Waals surface area contributed by atoms with E-state index < -0.39 is 5.97 Å². The lowest BCUT2D eigenvalue weighted by molar-refractivity contribution is -0.136. The maximum atomic E-state index is 13.4. The molecule has 1 aromatic heterocycles. The highest BCUT2D eigenvalue weighted by atomic mass is 32.1. The maximum absolute atomic E-state index is 13.4. The van der Waals surface area contributed by atoms with Gasteiger partial charge in [-0.15, -0.1) is 11.3 Å². The molecule has 0 radical (unpaired) electrons. The zero-order valence-electron chi connectivity index (χ0n) is 8.18. The first-order valence-corrected chi connectivity index (χ1v) is 5.46. The van der Waals surface area contributed by atoms with Gasteiger partial charge in [-0.2, -0.15) is 0 Å². The first-order chi connectivity index (χ1) is 7.66. The first-order valence-electron chi connectivity index (χ1n) is 4.58. The van der Waals surface area contributed by atoms with E-state index in [1.54, 1.807) is 23.6 Å². The molecule has 0 saturated heterocycles. The third-order valence-corrected chi connectivity index (χ3v) is 2.91. The minimum atomic E-state index is -0.939. The van der Waals surface area contributed by atoms with Crippen LogP contribution in [0.2, 0.25) is 0 Å². The molecule has 5 heteroatoms. The molecule has 0 unspecified atom stereocenters. The molecule has 1 aromatic carbocycles. The molecule has 0 bridgehead atoms. The van der Waals surface area contributed by atoms with Crippen molar-refractivity contribution in [1.82, 2.24) is 4.98 Å². The summed E-state index contributed by atoms with van der Waals surface area (Å²) in [6.45, 7) is 0. The monoisotopic (exact) mass is 237 g/mol. The molecule has 0 aliphatic rings. The van der Waals surface area contributed by atoms with Crippen LogP contribution in [0.3, 0.4) is 0 Å². The molecular weight excluding hydrogens is 229 g/mol. The second kappa shape index (κ2) is 4.40. The van der Waals surface area contributed by atoms with E-state index in [0.29, 0.717) is 16.3 Å². The molecule has 1 N–H and O–H groups in total. The predicted molar refractivity (Wildman–Crippen MR) is 58.8 cm³/mol. The molecule has 0 saturated carbocycles. The van der Waals surface area contributed by atoms with Crippen LogP contribution in [0.5, 0.6) is 0 Å². The number of halogens is 1. The van der Waals surface area contributed by atoms with E-state index in [9.17, 15) is 9.18 Å². The van der Waals surface area contributed by atoms with E-state index in [0.717, 1.165) is 0 Å². The smallest absolute Gasteiger partial charge is 0.309 e. The van der Waals surface area contributed by atoms with Crippen molar-refractivity contribution >= 4 is 17.3 Å². The van der Waals surface area contributed by atoms with Crippen molar-refractivity contribution < 1.29 is 14.3 Å². The lowest BCUT2D eigenvalue weighted by Crippen LogP contribution is -1.99. The summed E-state index contributed by atoms with van der Waals surface area (Å²) in [5, 5.41) is 10.7. The third-order valence-electron chi connectivity index (χ3n) is 1.99. The summed E-state index contributed by atoms with van der Waals surface area (Å²) < 4.78 is 13.4. The van der Waals surface area contributed by atoms with Gasteiger partial charge >= 0.3 is 5.97 Å². The Bertz CT molecular complexity index is 524. The molecule has 2 rings (SSSR count). The summed E-state index contributed by atoms with van der Waals surface area (Å²) in [4.78, 5) is 14.6. The Hall–Kier alpha value is -1.75. The molecule has 82 valence electrons. The summed E-state index contributed by atoms with van der Waals surface area (Å²) in [7, 11) is 0. The molecule has 1 heterocycles. The van der Waals surface area contributed by atoms with E-state index in [-0.39, 0.29) is 12.2 Å². The number of thiazole rings is 1. The molecule has 2 aromatic rings. The Morgan fingerprint density at radius 3 is 2.88 bits per heavy atom. The number of benzene rings is 1. The van der Waals surface area contributed by atoms with Crippen LogP contribution in [-0.4, -0.2) is 16.1 Å². The number of carbonyl (C=O) groups is 1. The minimum absolute atomic E-state index is 0.134. The highest BCUT2D eigenvalue weighted by molar-refractivity contribution is 7.13. The van der Waals surface area contributed by atoms with Gasteiger partial charge in [-0.1, -0.05) is 12.1 Å². The lowest BCUT2D eigenvalue weighted by Gasteiger charge is -1.96. The number of hydrogen-bond acceptors (Lipinski definition) is 3. The highest BCUT2D eigenvalue weighted by Crippen LogP contribution is 2.26. The van der Waals surface area contributed by atoms with Crippen LogP contribution in [0.1, 0.15) is 5.69 Å². The zero-order valence-corrected chi connectivity index (χ0v) is 9.00. The quantitative estimate of drug-likeness (QED) is 0.892. The van der Waals surface area contributed by atoms with Crippen molar-refractivity contribution in [2.75, 3.05) is 0 Å². The fourth-order valence-corrected chi connectivity index (χ4v) is 2.15. The SMILES string of the molecule is O=C(O)Cc1csc(-c2ccccc2F)n1. The Morgan fingerprint density at radius 2 is 2.19 bits per heavy atom. The van der Waals surface area contributed by atoms with Gasteiger partial charge in [0.15, 0.2) is 0 Å². The molecule has 0 atom stereocenters. The van der Waals surface area contributed by atoms with Crippen LogP contribution < -0.4 is 0 Å². The molecule has 0 fully saturated rings. The topological polar surface area (TPSA) is 50.2 Å². The van der Waals surface area contributed by atoms with Crippen molar-refractivity contribution in [3.8, 4) is 10.6 Å². The van der Waals surface area contributed by atoms with Gasteiger partial charge in [-0.25, -0.2) is 9.37 Å². The van der Waals surface area contributed by atoms with Crippen LogP contribution >= 0.6 is 11.3 Å². The van der Waals surface area contributed by atoms with E-state index in [4.69, 9.17) is 5.11 Å². The largest absolute Gasteiger partial charge is 0.481 e. The second-order valence-electron chi connectivity index (χ2n) is 3.19. The van der Waals surface area contributed by atoms with Crippen LogP contribution in [0, 0.1) is 5.82 Å². The number of rotatable bonds is 3. The fourth-order valence-electron chi connectivity index (χ4n) is 1.30. The Morgan fingerprint density at radius 1 is 1.44 bits per heavy atom. The normalized spacial score (nSPS) is 10.3. The summed E-state index contributed by atoms with van der Waals surface area (Å²) in [5.74, 6) is -1.29. The van der Waals surface area contributed by atoms with Crippen LogP contribution in [0.25, 0.3) is 10.6 Å². The number of carboxylic acids is 1. The number of aliphatic carboxylic acids is 1. The fraction of sp³-hybridized carbons (Fsp3) is 0.0909. The molecule has 0 amide bonds. The van der Waals surface area contributed by atoms with Crippen molar-refractivity contribution in [2.24, 2.45) is 0 Å². The average Bonchev–Trinajstić information content (AvgIpc) is 2.66. The summed E-state index contributed by atoms with van der Waals surface area (Å²) >= 11 is 1.24. The van der Waals surface area contributed by atoms with E-state index in [2.05, 4.69) is 4.98 Å². The standard InChI is InChI=1S/C11H8FNO2S/c12-9-4-2-1-3-8(9)11-13-7(6-16-11)5-10(14)15/h1-4,6H,5H2,(H,14,15). The molecule has 0 aliphatic carbocycles. The molecule has 0 spiro atoms. The molecule has 3 nitrogen and oxygen atoms in total. The van der Waals surface area contributed by atoms with E-state index >= 15 is 0 Å². The van der Waals surface area contributed by atoms with Gasteiger partial charge in [0.1, 0.15) is 10.8 Å². The first kappa shape index (κ1) is 10.8. The number of nitrogens with zero attached hydrogens (tertiary/aromatic N) is 1.